The van der Waals surface area contributed by atoms with Gasteiger partial charge in [-0.2, -0.15) is 0 Å². The van der Waals surface area contributed by atoms with Crippen LogP contribution in [-0.4, -0.2) is 17.3 Å². The zero-order chi connectivity index (χ0) is 14.3. The minimum absolute atomic E-state index is 0.121. The summed E-state index contributed by atoms with van der Waals surface area (Å²) in [6.07, 6.45) is 9.16. The molecule has 0 amide bonds. The van der Waals surface area contributed by atoms with E-state index in [1.165, 1.54) is 6.42 Å². The second-order valence-electron chi connectivity index (χ2n) is 6.64. The predicted octanol–water partition coefficient (Wildman–Crippen LogP) is 2.73. The fourth-order valence-electron chi connectivity index (χ4n) is 4.19. The number of allylic oxidation sites excluding steroid dienone is 2. The molecule has 0 aromatic heterocycles. The molecule has 3 rings (SSSR count). The van der Waals surface area contributed by atoms with Crippen LogP contribution < -0.4 is 0 Å². The summed E-state index contributed by atoms with van der Waals surface area (Å²) in [5.41, 5.74) is 0. The van der Waals surface area contributed by atoms with Gasteiger partial charge in [0.05, 0.1) is 0 Å². The SMILES string of the molecule is CCC(=O)C1C(=O)CC(C2CCC3C=CC3C2)CC1=O. The number of carbonyl (C=O) groups is 3. The average molecular weight is 274 g/mol. The summed E-state index contributed by atoms with van der Waals surface area (Å²) in [5.74, 6) is 0.733. The van der Waals surface area contributed by atoms with E-state index in [-0.39, 0.29) is 29.7 Å². The van der Waals surface area contributed by atoms with Gasteiger partial charge in [-0.15, -0.1) is 0 Å². The molecule has 3 heteroatoms. The largest absolute Gasteiger partial charge is 0.298 e. The van der Waals surface area contributed by atoms with Crippen LogP contribution in [0.1, 0.15) is 45.4 Å². The van der Waals surface area contributed by atoms with Crippen molar-refractivity contribution in [2.75, 3.05) is 0 Å². The van der Waals surface area contributed by atoms with E-state index in [0.717, 1.165) is 18.8 Å². The van der Waals surface area contributed by atoms with Gasteiger partial charge in [-0.1, -0.05) is 19.1 Å². The number of carbonyl (C=O) groups excluding carboxylic acids is 3. The Morgan fingerprint density at radius 2 is 1.70 bits per heavy atom. The van der Waals surface area contributed by atoms with E-state index in [1.54, 1.807) is 6.92 Å². The molecular weight excluding hydrogens is 252 g/mol. The Bertz CT molecular complexity index is 459. The summed E-state index contributed by atoms with van der Waals surface area (Å²) < 4.78 is 0. The van der Waals surface area contributed by atoms with Crippen LogP contribution in [0.15, 0.2) is 12.2 Å². The minimum Gasteiger partial charge on any atom is -0.298 e. The number of hydrogen-bond donors (Lipinski definition) is 0. The number of fused-ring (bicyclic) bond motifs is 1. The molecular formula is C17H22O3. The lowest BCUT2D eigenvalue weighted by molar-refractivity contribution is -0.144. The van der Waals surface area contributed by atoms with Crippen molar-refractivity contribution in [1.82, 2.24) is 0 Å². The first kappa shape index (κ1) is 13.7. The van der Waals surface area contributed by atoms with Gasteiger partial charge in [0.25, 0.3) is 0 Å². The van der Waals surface area contributed by atoms with Crippen molar-refractivity contribution < 1.29 is 14.4 Å². The van der Waals surface area contributed by atoms with E-state index in [2.05, 4.69) is 12.2 Å². The zero-order valence-electron chi connectivity index (χ0n) is 12.0. The van der Waals surface area contributed by atoms with Crippen molar-refractivity contribution in [3.8, 4) is 0 Å². The summed E-state index contributed by atoms with van der Waals surface area (Å²) in [4.78, 5) is 36.0. The maximum atomic E-state index is 12.2. The average Bonchev–Trinajstić information content (AvgIpc) is 2.39. The molecule has 0 N–H and O–H groups in total. The molecule has 0 radical (unpaired) electrons. The van der Waals surface area contributed by atoms with E-state index in [4.69, 9.17) is 0 Å². The van der Waals surface area contributed by atoms with Crippen LogP contribution in [0.25, 0.3) is 0 Å². The van der Waals surface area contributed by atoms with Gasteiger partial charge in [-0.25, -0.2) is 0 Å². The van der Waals surface area contributed by atoms with Crippen molar-refractivity contribution in [3.63, 3.8) is 0 Å². The van der Waals surface area contributed by atoms with Crippen LogP contribution in [0.4, 0.5) is 0 Å². The van der Waals surface area contributed by atoms with E-state index in [0.29, 0.717) is 24.7 Å². The molecule has 3 unspecified atom stereocenters. The molecule has 3 aliphatic rings. The first-order valence-electron chi connectivity index (χ1n) is 7.86. The Kier molecular flexibility index (Phi) is 3.61. The third-order valence-corrected chi connectivity index (χ3v) is 5.51. The second kappa shape index (κ2) is 5.27. The second-order valence-corrected chi connectivity index (χ2v) is 6.64. The fourth-order valence-corrected chi connectivity index (χ4v) is 4.19. The standard InChI is InChI=1S/C17H22O3/c1-2-14(18)17-15(19)8-13(9-16(17)20)12-6-4-10-3-5-11(10)7-12/h3,5,10-13,17H,2,4,6-9H2,1H3. The molecule has 0 heterocycles. The molecule has 0 aromatic carbocycles. The van der Waals surface area contributed by atoms with Crippen LogP contribution in [0.2, 0.25) is 0 Å². The van der Waals surface area contributed by atoms with E-state index < -0.39 is 5.92 Å². The first-order chi connectivity index (χ1) is 9.60. The first-order valence-corrected chi connectivity index (χ1v) is 7.86. The van der Waals surface area contributed by atoms with Crippen molar-refractivity contribution in [1.29, 1.82) is 0 Å². The van der Waals surface area contributed by atoms with E-state index in [9.17, 15) is 14.4 Å². The van der Waals surface area contributed by atoms with Gasteiger partial charge in [0, 0.05) is 19.3 Å². The van der Waals surface area contributed by atoms with Crippen LogP contribution in [0.5, 0.6) is 0 Å². The minimum atomic E-state index is -0.934. The molecule has 0 bridgehead atoms. The van der Waals surface area contributed by atoms with Crippen molar-refractivity contribution >= 4 is 17.3 Å². The van der Waals surface area contributed by atoms with Crippen LogP contribution in [-0.2, 0) is 14.4 Å². The van der Waals surface area contributed by atoms with Gasteiger partial charge >= 0.3 is 0 Å². The van der Waals surface area contributed by atoms with Gasteiger partial charge < -0.3 is 0 Å². The highest BCUT2D eigenvalue weighted by Gasteiger charge is 2.43. The Labute approximate surface area is 119 Å². The lowest BCUT2D eigenvalue weighted by Gasteiger charge is -2.42. The highest BCUT2D eigenvalue weighted by atomic mass is 16.2. The van der Waals surface area contributed by atoms with Crippen molar-refractivity contribution in [2.45, 2.75) is 45.4 Å². The summed E-state index contributed by atoms with van der Waals surface area (Å²) >= 11 is 0. The van der Waals surface area contributed by atoms with Gasteiger partial charge in [0.1, 0.15) is 5.92 Å². The Morgan fingerprint density at radius 1 is 1.05 bits per heavy atom. The maximum Gasteiger partial charge on any atom is 0.151 e. The summed E-state index contributed by atoms with van der Waals surface area (Å²) in [5, 5.41) is 0. The Balaban J connectivity index is 1.66. The number of ketones is 3. The molecule has 3 atom stereocenters. The molecule has 2 saturated carbocycles. The third-order valence-electron chi connectivity index (χ3n) is 5.51. The Morgan fingerprint density at radius 3 is 2.20 bits per heavy atom. The topological polar surface area (TPSA) is 51.2 Å². The lowest BCUT2D eigenvalue weighted by atomic mass is 9.62. The normalized spacial score (nSPS) is 40.1. The van der Waals surface area contributed by atoms with Gasteiger partial charge in [0.15, 0.2) is 17.3 Å². The van der Waals surface area contributed by atoms with Crippen molar-refractivity contribution in [3.05, 3.63) is 12.2 Å². The smallest absolute Gasteiger partial charge is 0.151 e. The molecule has 0 saturated heterocycles. The lowest BCUT2D eigenvalue weighted by Crippen LogP contribution is -2.42. The molecule has 3 nitrogen and oxygen atoms in total. The molecule has 3 aliphatic carbocycles. The van der Waals surface area contributed by atoms with E-state index >= 15 is 0 Å². The molecule has 20 heavy (non-hydrogen) atoms. The fraction of sp³-hybridized carbons (Fsp3) is 0.706. The summed E-state index contributed by atoms with van der Waals surface area (Å²) in [6.45, 7) is 1.72. The van der Waals surface area contributed by atoms with Crippen molar-refractivity contribution in [2.24, 2.45) is 29.6 Å². The van der Waals surface area contributed by atoms with Crippen LogP contribution in [0.3, 0.4) is 0 Å². The van der Waals surface area contributed by atoms with Crippen LogP contribution in [0, 0.1) is 29.6 Å². The molecule has 2 fully saturated rings. The third kappa shape index (κ3) is 2.27. The number of hydrogen-bond acceptors (Lipinski definition) is 3. The number of rotatable bonds is 3. The zero-order valence-corrected chi connectivity index (χ0v) is 12.0. The molecule has 0 spiro atoms. The molecule has 0 aromatic rings. The summed E-state index contributed by atoms with van der Waals surface area (Å²) in [6, 6.07) is 0. The molecule has 0 aliphatic heterocycles. The van der Waals surface area contributed by atoms with Gasteiger partial charge in [0.2, 0.25) is 0 Å². The highest BCUT2D eigenvalue weighted by Crippen LogP contribution is 2.46. The highest BCUT2D eigenvalue weighted by molar-refractivity contribution is 6.20. The monoisotopic (exact) mass is 274 g/mol. The van der Waals surface area contributed by atoms with Crippen LogP contribution >= 0.6 is 0 Å². The Hall–Kier alpha value is -1.25. The molecule has 108 valence electrons. The number of Topliss-reactive ketones (excluding diaryl/α,β-unsaturated/α-hetero) is 3. The summed E-state index contributed by atoms with van der Waals surface area (Å²) in [7, 11) is 0. The van der Waals surface area contributed by atoms with Gasteiger partial charge in [-0.3, -0.25) is 14.4 Å². The van der Waals surface area contributed by atoms with E-state index in [1.807, 2.05) is 0 Å². The maximum absolute atomic E-state index is 12.2. The van der Waals surface area contributed by atoms with Gasteiger partial charge in [-0.05, 0) is 42.9 Å². The predicted molar refractivity (Wildman–Crippen MR) is 75.0 cm³/mol. The quantitative estimate of drug-likeness (QED) is 0.587.